The molecular formula is C34H42F4N8O3. The van der Waals surface area contributed by atoms with Crippen molar-refractivity contribution in [3.05, 3.63) is 23.1 Å². The van der Waals surface area contributed by atoms with E-state index in [0.29, 0.717) is 25.5 Å². The van der Waals surface area contributed by atoms with Crippen molar-refractivity contribution in [3.63, 3.8) is 0 Å². The Morgan fingerprint density at radius 2 is 1.96 bits per heavy atom. The monoisotopic (exact) mass is 686 g/mol. The number of nitrogen functional groups attached to an aromatic ring is 1. The smallest absolute Gasteiger partial charge is 0.418 e. The van der Waals surface area contributed by atoms with Crippen LogP contribution in [-0.2, 0) is 10.9 Å². The molecule has 49 heavy (non-hydrogen) atoms. The fourth-order valence-corrected chi connectivity index (χ4v) is 8.26. The van der Waals surface area contributed by atoms with Gasteiger partial charge >= 0.3 is 12.2 Å². The first-order valence-corrected chi connectivity index (χ1v) is 17.3. The molecule has 5 aliphatic rings. The van der Waals surface area contributed by atoms with Gasteiger partial charge in [-0.2, -0.15) is 23.1 Å². The number of alkyl halides is 3. The third-order valence-electron chi connectivity index (χ3n) is 11.1. The number of hydrogen-bond acceptors (Lipinski definition) is 11. The van der Waals surface area contributed by atoms with Crippen molar-refractivity contribution in [1.29, 1.82) is 0 Å². The first-order chi connectivity index (χ1) is 23.4. The van der Waals surface area contributed by atoms with Crippen molar-refractivity contribution >= 4 is 22.5 Å². The molecule has 1 saturated carbocycles. The van der Waals surface area contributed by atoms with Gasteiger partial charge < -0.3 is 30.2 Å². The highest BCUT2D eigenvalue weighted by molar-refractivity contribution is 5.97. The topological polar surface area (TPSA) is 124 Å². The summed E-state index contributed by atoms with van der Waals surface area (Å²) in [6.45, 7) is 10.2. The minimum absolute atomic E-state index is 0.0278. The van der Waals surface area contributed by atoms with Crippen molar-refractivity contribution in [3.8, 4) is 23.1 Å². The van der Waals surface area contributed by atoms with Crippen molar-refractivity contribution in [2.24, 2.45) is 5.41 Å². The Hall–Kier alpha value is -3.56. The number of rotatable bonds is 7. The number of anilines is 2. The summed E-state index contributed by atoms with van der Waals surface area (Å²) in [7, 11) is 0. The number of nitrogens with zero attached hydrogens (tertiary/aromatic N) is 6. The summed E-state index contributed by atoms with van der Waals surface area (Å²) >= 11 is 0. The van der Waals surface area contributed by atoms with Gasteiger partial charge in [-0.1, -0.05) is 6.92 Å². The summed E-state index contributed by atoms with van der Waals surface area (Å²) in [4.78, 5) is 22.2. The van der Waals surface area contributed by atoms with Gasteiger partial charge in [0.2, 0.25) is 5.88 Å². The lowest BCUT2D eigenvalue weighted by Gasteiger charge is -2.42. The van der Waals surface area contributed by atoms with Crippen molar-refractivity contribution in [2.45, 2.75) is 89.3 Å². The molecular weight excluding hydrogens is 644 g/mol. The van der Waals surface area contributed by atoms with Crippen LogP contribution in [0.5, 0.6) is 11.9 Å². The normalized spacial score (nSPS) is 27.7. The minimum Gasteiger partial charge on any atom is -0.472 e. The van der Waals surface area contributed by atoms with E-state index in [1.54, 1.807) is 0 Å². The Kier molecular flexibility index (Phi) is 7.83. The molecule has 8 rings (SSSR count). The molecule has 3 N–H and O–H groups in total. The van der Waals surface area contributed by atoms with Crippen LogP contribution in [0, 0.1) is 18.2 Å². The fraction of sp³-hybridized carbons (Fsp3) is 0.647. The predicted molar refractivity (Wildman–Crippen MR) is 174 cm³/mol. The summed E-state index contributed by atoms with van der Waals surface area (Å²) in [5.41, 5.74) is 2.96. The van der Waals surface area contributed by atoms with E-state index in [1.807, 2.05) is 6.92 Å². The molecule has 1 aliphatic carbocycles. The maximum Gasteiger partial charge on any atom is 0.418 e. The molecule has 4 atom stereocenters. The maximum atomic E-state index is 16.8. The molecule has 4 aliphatic heterocycles. The summed E-state index contributed by atoms with van der Waals surface area (Å²) in [6, 6.07) is 0.883. The summed E-state index contributed by atoms with van der Waals surface area (Å²) in [5.74, 6) is -0.880. The van der Waals surface area contributed by atoms with Crippen LogP contribution in [0.2, 0.25) is 0 Å². The summed E-state index contributed by atoms with van der Waals surface area (Å²) < 4.78 is 78.9. The van der Waals surface area contributed by atoms with Crippen molar-refractivity contribution in [1.82, 2.24) is 30.2 Å². The van der Waals surface area contributed by atoms with E-state index < -0.39 is 34.9 Å². The van der Waals surface area contributed by atoms with E-state index in [2.05, 4.69) is 37.0 Å². The highest BCUT2D eigenvalue weighted by Crippen LogP contribution is 2.49. The highest BCUT2D eigenvalue weighted by atomic mass is 19.4. The highest BCUT2D eigenvalue weighted by Gasteiger charge is 2.49. The Balaban J connectivity index is 1.21. The third-order valence-corrected chi connectivity index (χ3v) is 11.1. The lowest BCUT2D eigenvalue weighted by Crippen LogP contribution is -2.60. The number of ether oxygens (including phenoxy) is 3. The first-order valence-electron chi connectivity index (χ1n) is 17.3. The summed E-state index contributed by atoms with van der Waals surface area (Å²) in [5, 5.41) is 3.74. The van der Waals surface area contributed by atoms with Gasteiger partial charge in [0.05, 0.1) is 29.5 Å². The second kappa shape index (κ2) is 11.8. The van der Waals surface area contributed by atoms with Gasteiger partial charge in [-0.15, -0.1) is 0 Å². The second-order valence-corrected chi connectivity index (χ2v) is 14.6. The molecule has 4 fully saturated rings. The number of hydrogen-bond donors (Lipinski definition) is 2. The third kappa shape index (κ3) is 5.80. The number of likely N-dealkylation sites (tertiary alicyclic amines) is 1. The van der Waals surface area contributed by atoms with Crippen LogP contribution < -0.4 is 25.4 Å². The molecule has 11 nitrogen and oxygen atoms in total. The molecule has 3 saturated heterocycles. The molecule has 0 radical (unpaired) electrons. The largest absolute Gasteiger partial charge is 0.472 e. The predicted octanol–water partition coefficient (Wildman–Crippen LogP) is 4.89. The lowest BCUT2D eigenvalue weighted by atomic mass is 10.00. The summed E-state index contributed by atoms with van der Waals surface area (Å²) in [6.07, 6.45) is 0.720. The maximum absolute atomic E-state index is 16.8. The zero-order valence-corrected chi connectivity index (χ0v) is 28.0. The van der Waals surface area contributed by atoms with Crippen molar-refractivity contribution in [2.75, 3.05) is 56.6 Å². The molecule has 0 amide bonds. The Bertz CT molecular complexity index is 1780. The Labute approximate surface area is 281 Å². The van der Waals surface area contributed by atoms with Gasteiger partial charge in [0.1, 0.15) is 34.3 Å². The molecule has 264 valence electrons. The Morgan fingerprint density at radius 1 is 1.14 bits per heavy atom. The van der Waals surface area contributed by atoms with Crippen LogP contribution in [0.4, 0.5) is 29.2 Å². The van der Waals surface area contributed by atoms with E-state index in [0.717, 1.165) is 70.8 Å². The molecule has 0 aromatic carbocycles. The van der Waals surface area contributed by atoms with E-state index in [-0.39, 0.29) is 57.4 Å². The van der Waals surface area contributed by atoms with Gasteiger partial charge in [0.25, 0.3) is 0 Å². The molecule has 3 aromatic rings. The first kappa shape index (κ1) is 32.6. The number of piperazine rings is 1. The number of aromatic nitrogens is 4. The second-order valence-electron chi connectivity index (χ2n) is 14.6. The van der Waals surface area contributed by atoms with Gasteiger partial charge in [0.15, 0.2) is 5.82 Å². The number of pyridine rings is 2. The fourth-order valence-electron chi connectivity index (χ4n) is 8.26. The van der Waals surface area contributed by atoms with Gasteiger partial charge in [0, 0.05) is 56.4 Å². The lowest BCUT2D eigenvalue weighted by molar-refractivity contribution is -0.137. The standard InChI is InChI=1S/C34H42F4N8O3/c1-4-20-14-46-22(13-40-20)19(3)49-30-24-28(26(35)27(42-30)21-12-23(39)41-18(2)25(21)34(36,37)38)43-31(44-29(24)46)47-17-32(7-8-32)15-45-10-9-33(16-45)6-5-11-48-33/h12,19-20,22,40H,4-11,13-17H2,1-3H3,(H2,39,41)/t19-,20+,22-,33?/m0/s1. The molecule has 1 unspecified atom stereocenters. The van der Waals surface area contributed by atoms with Gasteiger partial charge in [-0.25, -0.2) is 14.4 Å². The molecule has 0 bridgehead atoms. The average Bonchev–Trinajstić information content (AvgIpc) is 3.51. The number of aryl methyl sites for hydroxylation is 1. The van der Waals surface area contributed by atoms with E-state index in [9.17, 15) is 13.2 Å². The number of halogens is 4. The van der Waals surface area contributed by atoms with Crippen LogP contribution in [0.3, 0.4) is 0 Å². The molecule has 7 heterocycles. The van der Waals surface area contributed by atoms with Crippen LogP contribution in [0.25, 0.3) is 22.2 Å². The van der Waals surface area contributed by atoms with Crippen LogP contribution >= 0.6 is 0 Å². The van der Waals surface area contributed by atoms with Gasteiger partial charge in [-0.05, 0) is 58.4 Å². The van der Waals surface area contributed by atoms with E-state index >= 15 is 4.39 Å². The average molecular weight is 687 g/mol. The molecule has 3 aromatic heterocycles. The quantitative estimate of drug-likeness (QED) is 0.331. The number of nitrogens with one attached hydrogen (secondary N) is 1. The molecule has 1 spiro atoms. The van der Waals surface area contributed by atoms with Crippen molar-refractivity contribution < 1.29 is 31.8 Å². The Morgan fingerprint density at radius 3 is 2.67 bits per heavy atom. The zero-order valence-electron chi connectivity index (χ0n) is 28.0. The van der Waals surface area contributed by atoms with Crippen LogP contribution in [0.15, 0.2) is 6.07 Å². The number of fused-ring (bicyclic) bond motifs is 2. The molecule has 15 heteroatoms. The minimum atomic E-state index is -4.85. The van der Waals surface area contributed by atoms with Crippen LogP contribution in [-0.4, -0.2) is 94.6 Å². The SMILES string of the molecule is CC[C@@H]1CN2c3nc(OCC4(CN5CCC6(CCCO6)C5)CC4)nc4c(F)c(-c5cc(N)nc(C)c5C(F)(F)F)nc(c34)O[C@@H](C)[C@@H]2CN1. The number of nitrogens with two attached hydrogens (primary N) is 1. The zero-order chi connectivity index (χ0) is 34.3. The van der Waals surface area contributed by atoms with Crippen LogP contribution in [0.1, 0.15) is 63.6 Å². The van der Waals surface area contributed by atoms with E-state index in [4.69, 9.17) is 24.9 Å². The van der Waals surface area contributed by atoms with Gasteiger partial charge in [-0.3, -0.25) is 4.90 Å². The van der Waals surface area contributed by atoms with E-state index in [1.165, 1.54) is 6.92 Å².